The van der Waals surface area contributed by atoms with Crippen molar-refractivity contribution in [2.24, 2.45) is 0 Å². The molecule has 3 heterocycles. The molecule has 0 bridgehead atoms. The minimum atomic E-state index is -0.884. The number of hydrogen-bond acceptors (Lipinski definition) is 6. The summed E-state index contributed by atoms with van der Waals surface area (Å²) in [6.07, 6.45) is 0.550. The molecule has 48 heavy (non-hydrogen) atoms. The van der Waals surface area contributed by atoms with Crippen LogP contribution in [0.15, 0.2) is 103 Å². The molecular weight excluding hydrogens is 630 g/mol. The third-order valence-electron chi connectivity index (χ3n) is 8.40. The van der Waals surface area contributed by atoms with Gasteiger partial charge in [-0.25, -0.2) is 0 Å². The topological polar surface area (TPSA) is 112 Å². The Morgan fingerprint density at radius 2 is 0.938 bits per heavy atom. The second-order valence-corrected chi connectivity index (χ2v) is 11.9. The summed E-state index contributed by atoms with van der Waals surface area (Å²) in [5.74, 6) is -0.559. The van der Waals surface area contributed by atoms with E-state index in [-0.39, 0.29) is 41.1 Å². The smallest absolute Gasteiger partial charge is 0.225 e. The molecule has 0 saturated heterocycles. The van der Waals surface area contributed by atoms with Gasteiger partial charge in [-0.3, -0.25) is 33.7 Å². The predicted octanol–water partition coefficient (Wildman–Crippen LogP) is 6.27. The van der Waals surface area contributed by atoms with Crippen LogP contribution in [0.5, 0.6) is 0 Å². The maximum absolute atomic E-state index is 12.5. The molecule has 0 aromatic heterocycles. The van der Waals surface area contributed by atoms with Crippen molar-refractivity contribution in [2.45, 2.75) is 51.7 Å². The highest BCUT2D eigenvalue weighted by Gasteiger charge is 2.40. The maximum Gasteiger partial charge on any atom is 0.225 e. The van der Waals surface area contributed by atoms with E-state index >= 15 is 0 Å². The normalized spacial score (nSPS) is 18.6. The summed E-state index contributed by atoms with van der Waals surface area (Å²) in [6, 6.07) is 30.5. The van der Waals surface area contributed by atoms with Crippen LogP contribution in [0.2, 0.25) is 0 Å². The second kappa shape index (κ2) is 14.1. The minimum Gasteiger partial charge on any atom is -0.301 e. The van der Waals surface area contributed by atoms with E-state index in [1.807, 2.05) is 60.7 Å². The summed E-state index contributed by atoms with van der Waals surface area (Å²) in [5, 5.41) is 0. The molecule has 3 unspecified atom stereocenters. The number of carbonyl (C=O) groups is 6. The molecule has 3 amide bonds. The lowest BCUT2D eigenvalue weighted by atomic mass is 10.0. The van der Waals surface area contributed by atoms with Crippen LogP contribution in [-0.2, 0) is 20.8 Å². The van der Waals surface area contributed by atoms with Gasteiger partial charge in [0.2, 0.25) is 23.5 Å². The highest BCUT2D eigenvalue weighted by atomic mass is 35.5. The van der Waals surface area contributed by atoms with Crippen LogP contribution in [0.3, 0.4) is 0 Å². The fraction of sp³-hybridized carbons (Fsp3) is 0.211. The van der Waals surface area contributed by atoms with Crippen molar-refractivity contribution in [3.05, 3.63) is 125 Å². The second-order valence-electron chi connectivity index (χ2n) is 11.5. The third kappa shape index (κ3) is 6.41. The van der Waals surface area contributed by atoms with Crippen LogP contribution < -0.4 is 14.7 Å². The molecule has 0 aliphatic carbocycles. The summed E-state index contributed by atoms with van der Waals surface area (Å²) in [5.41, 5.74) is 4.05. The van der Waals surface area contributed by atoms with E-state index in [4.69, 9.17) is 11.6 Å². The Bertz CT molecular complexity index is 1850. The number of anilines is 3. The lowest BCUT2D eigenvalue weighted by Gasteiger charge is -2.22. The number of halogens is 1. The molecular formula is C38H34ClN3O6. The van der Waals surface area contributed by atoms with Crippen molar-refractivity contribution in [3.8, 4) is 0 Å². The van der Waals surface area contributed by atoms with Crippen molar-refractivity contribution in [3.63, 3.8) is 0 Å². The summed E-state index contributed by atoms with van der Waals surface area (Å²) in [6.45, 7) is 6.13. The maximum atomic E-state index is 12.5. The molecule has 0 N–H and O–H groups in total. The fourth-order valence-electron chi connectivity index (χ4n) is 6.24. The number of carbonyl (C=O) groups excluding carboxylic acids is 6. The van der Waals surface area contributed by atoms with Gasteiger partial charge in [0.15, 0.2) is 17.1 Å². The average molecular weight is 664 g/mol. The number of benzene rings is 4. The largest absolute Gasteiger partial charge is 0.301 e. The molecule has 0 saturated carbocycles. The van der Waals surface area contributed by atoms with E-state index in [9.17, 15) is 28.8 Å². The number of nitrogens with zero attached hydrogens (tertiary/aromatic N) is 3. The zero-order chi connectivity index (χ0) is 34.7. The quantitative estimate of drug-likeness (QED) is 0.185. The predicted molar refractivity (Wildman–Crippen MR) is 185 cm³/mol. The number of alkyl halides is 1. The van der Waals surface area contributed by atoms with Gasteiger partial charge in [-0.05, 0) is 48.9 Å². The van der Waals surface area contributed by atoms with Gasteiger partial charge >= 0.3 is 0 Å². The molecule has 3 aliphatic heterocycles. The van der Waals surface area contributed by atoms with Gasteiger partial charge in [0.1, 0.15) is 6.04 Å². The van der Waals surface area contributed by atoms with Crippen molar-refractivity contribution >= 4 is 63.7 Å². The van der Waals surface area contributed by atoms with Crippen LogP contribution in [0.4, 0.5) is 17.1 Å². The molecule has 0 spiro atoms. The third-order valence-corrected chi connectivity index (χ3v) is 8.79. The zero-order valence-electron chi connectivity index (χ0n) is 26.9. The minimum absolute atomic E-state index is 0.0239. The first-order valence-electron chi connectivity index (χ1n) is 15.4. The van der Waals surface area contributed by atoms with Gasteiger partial charge in [-0.2, -0.15) is 0 Å². The number of para-hydroxylation sites is 3. The Morgan fingerprint density at radius 1 is 0.542 bits per heavy atom. The summed E-state index contributed by atoms with van der Waals surface area (Å²) in [7, 11) is 0. The van der Waals surface area contributed by atoms with Crippen LogP contribution >= 0.6 is 11.6 Å². The molecule has 244 valence electrons. The Kier molecular flexibility index (Phi) is 10.0. The molecule has 9 nitrogen and oxygen atoms in total. The SMILES string of the molecule is CC(=O)N1c2ccccc2C(=O)C1C.CC(=O)N1c2ccccc2C(=O)C1Cc1ccccc1.CC(=O)N1c2ccccc2C(=O)C1Cl. The Labute approximate surface area is 283 Å². The molecule has 0 fully saturated rings. The Hall–Kier alpha value is -5.41. The first kappa shape index (κ1) is 33.9. The monoisotopic (exact) mass is 663 g/mol. The number of rotatable bonds is 2. The summed E-state index contributed by atoms with van der Waals surface area (Å²) in [4.78, 5) is 74.8. The number of amides is 3. The number of Topliss-reactive ketones (excluding diaryl/α,β-unsaturated/α-hetero) is 3. The zero-order valence-corrected chi connectivity index (χ0v) is 27.7. The Balaban J connectivity index is 0.000000145. The molecule has 4 aromatic rings. The molecule has 10 heteroatoms. The fourth-order valence-corrected chi connectivity index (χ4v) is 6.60. The van der Waals surface area contributed by atoms with Gasteiger partial charge in [-0.15, -0.1) is 0 Å². The number of ketones is 3. The van der Waals surface area contributed by atoms with Crippen LogP contribution in [0.1, 0.15) is 64.3 Å². The number of hydrogen-bond donors (Lipinski definition) is 0. The van der Waals surface area contributed by atoms with E-state index in [0.717, 1.165) is 16.9 Å². The van der Waals surface area contributed by atoms with Gasteiger partial charge in [0.25, 0.3) is 0 Å². The lowest BCUT2D eigenvalue weighted by Crippen LogP contribution is -2.40. The van der Waals surface area contributed by atoms with Crippen molar-refractivity contribution in [2.75, 3.05) is 14.7 Å². The molecule has 7 rings (SSSR count). The molecule has 0 radical (unpaired) electrons. The standard InChI is InChI=1S/C17H15NO2.C11H11NO2.C10H8ClNO2/c1-12(19)18-15-10-6-5-9-14(15)17(20)16(18)11-13-7-3-2-4-8-13;1-7-11(14)9-5-3-4-6-10(9)12(7)8(2)13;1-6(13)12-8-5-3-2-4-7(8)9(14)10(12)11/h2-10,16H,11H2,1H3;3-7H,1-2H3;2-5,10H,1H3. The first-order chi connectivity index (χ1) is 22.9. The molecule has 3 atom stereocenters. The van der Waals surface area contributed by atoms with Gasteiger partial charge < -0.3 is 9.80 Å². The highest BCUT2D eigenvalue weighted by Crippen LogP contribution is 2.35. The summed E-state index contributed by atoms with van der Waals surface area (Å²) >= 11 is 5.84. The Morgan fingerprint density at radius 3 is 1.44 bits per heavy atom. The van der Waals surface area contributed by atoms with Gasteiger partial charge in [0, 0.05) is 43.9 Å². The van der Waals surface area contributed by atoms with Gasteiger partial charge in [0.05, 0.1) is 23.1 Å². The summed E-state index contributed by atoms with van der Waals surface area (Å²) < 4.78 is 0. The van der Waals surface area contributed by atoms with E-state index in [1.54, 1.807) is 54.3 Å². The molecule has 4 aromatic carbocycles. The van der Waals surface area contributed by atoms with Crippen molar-refractivity contribution in [1.82, 2.24) is 0 Å². The average Bonchev–Trinajstić information content (AvgIpc) is 3.61. The van der Waals surface area contributed by atoms with E-state index < -0.39 is 11.5 Å². The van der Waals surface area contributed by atoms with Crippen molar-refractivity contribution in [1.29, 1.82) is 0 Å². The van der Waals surface area contributed by atoms with Crippen LogP contribution in [0.25, 0.3) is 0 Å². The molecule has 3 aliphatic rings. The first-order valence-corrected chi connectivity index (χ1v) is 15.8. The lowest BCUT2D eigenvalue weighted by molar-refractivity contribution is -0.117. The van der Waals surface area contributed by atoms with E-state index in [0.29, 0.717) is 28.8 Å². The van der Waals surface area contributed by atoms with Crippen LogP contribution in [0, 0.1) is 0 Å². The van der Waals surface area contributed by atoms with Gasteiger partial charge in [-0.1, -0.05) is 78.3 Å². The highest BCUT2D eigenvalue weighted by molar-refractivity contribution is 6.40. The van der Waals surface area contributed by atoms with E-state index in [2.05, 4.69) is 0 Å². The number of fused-ring (bicyclic) bond motifs is 3. The van der Waals surface area contributed by atoms with Crippen molar-refractivity contribution < 1.29 is 28.8 Å². The van der Waals surface area contributed by atoms with E-state index in [1.165, 1.54) is 30.6 Å². The van der Waals surface area contributed by atoms with Crippen LogP contribution in [-0.4, -0.2) is 52.7 Å².